The van der Waals surface area contributed by atoms with Gasteiger partial charge in [-0.05, 0) is 25.2 Å². The first-order valence-corrected chi connectivity index (χ1v) is 5.27. The molecule has 4 nitrogen and oxygen atoms in total. The quantitative estimate of drug-likeness (QED) is 0.851. The van der Waals surface area contributed by atoms with Gasteiger partial charge >= 0.3 is 0 Å². The van der Waals surface area contributed by atoms with Crippen LogP contribution in [0.1, 0.15) is 5.69 Å². The zero-order chi connectivity index (χ0) is 12.3. The summed E-state index contributed by atoms with van der Waals surface area (Å²) in [5.41, 5.74) is 2.44. The highest BCUT2D eigenvalue weighted by Gasteiger charge is 2.12. The van der Waals surface area contributed by atoms with Crippen molar-refractivity contribution in [2.24, 2.45) is 0 Å². The summed E-state index contributed by atoms with van der Waals surface area (Å²) < 4.78 is 18.5. The van der Waals surface area contributed by atoms with Crippen molar-refractivity contribution in [3.8, 4) is 16.9 Å². The Morgan fingerprint density at radius 3 is 2.94 bits per heavy atom. The third-order valence-electron chi connectivity index (χ3n) is 2.52. The molecule has 0 aliphatic rings. The SMILES string of the molecule is CNCc1[nH]ncc1-c1cc(F)ccc1OC. The van der Waals surface area contributed by atoms with Crippen LogP contribution in [0, 0.1) is 5.82 Å². The van der Waals surface area contributed by atoms with E-state index in [9.17, 15) is 4.39 Å². The first kappa shape index (κ1) is 11.6. The highest BCUT2D eigenvalue weighted by molar-refractivity contribution is 5.71. The molecule has 2 aromatic rings. The van der Waals surface area contributed by atoms with E-state index in [2.05, 4.69) is 15.5 Å². The lowest BCUT2D eigenvalue weighted by Crippen LogP contribution is -2.06. The van der Waals surface area contributed by atoms with Gasteiger partial charge in [-0.1, -0.05) is 0 Å². The topological polar surface area (TPSA) is 49.9 Å². The fraction of sp³-hybridized carbons (Fsp3) is 0.250. The van der Waals surface area contributed by atoms with E-state index in [1.807, 2.05) is 7.05 Å². The molecule has 0 unspecified atom stereocenters. The number of benzene rings is 1. The minimum Gasteiger partial charge on any atom is -0.496 e. The maximum Gasteiger partial charge on any atom is 0.127 e. The molecule has 17 heavy (non-hydrogen) atoms. The lowest BCUT2D eigenvalue weighted by Gasteiger charge is -2.08. The molecule has 0 saturated heterocycles. The number of rotatable bonds is 4. The van der Waals surface area contributed by atoms with E-state index in [-0.39, 0.29) is 5.82 Å². The van der Waals surface area contributed by atoms with Crippen molar-refractivity contribution in [2.45, 2.75) is 6.54 Å². The van der Waals surface area contributed by atoms with Gasteiger partial charge in [-0.3, -0.25) is 5.10 Å². The van der Waals surface area contributed by atoms with Crippen LogP contribution in [0.15, 0.2) is 24.4 Å². The number of ether oxygens (including phenoxy) is 1. The van der Waals surface area contributed by atoms with E-state index in [0.29, 0.717) is 17.9 Å². The van der Waals surface area contributed by atoms with Gasteiger partial charge in [0.2, 0.25) is 0 Å². The number of nitrogens with zero attached hydrogens (tertiary/aromatic N) is 1. The number of halogens is 1. The summed E-state index contributed by atoms with van der Waals surface area (Å²) >= 11 is 0. The van der Waals surface area contributed by atoms with E-state index in [4.69, 9.17) is 4.74 Å². The Kier molecular flexibility index (Phi) is 3.39. The van der Waals surface area contributed by atoms with Gasteiger partial charge in [0.1, 0.15) is 11.6 Å². The molecule has 0 bridgehead atoms. The van der Waals surface area contributed by atoms with E-state index < -0.39 is 0 Å². The number of aromatic amines is 1. The minimum atomic E-state index is -0.294. The summed E-state index contributed by atoms with van der Waals surface area (Å²) in [4.78, 5) is 0. The second-order valence-corrected chi connectivity index (χ2v) is 3.64. The van der Waals surface area contributed by atoms with Crippen LogP contribution >= 0.6 is 0 Å². The number of hydrogen-bond acceptors (Lipinski definition) is 3. The van der Waals surface area contributed by atoms with Crippen LogP contribution in [0.25, 0.3) is 11.1 Å². The summed E-state index contributed by atoms with van der Waals surface area (Å²) in [5.74, 6) is 0.336. The van der Waals surface area contributed by atoms with Crippen LogP contribution in [0.3, 0.4) is 0 Å². The van der Waals surface area contributed by atoms with Gasteiger partial charge < -0.3 is 10.1 Å². The minimum absolute atomic E-state index is 0.294. The third kappa shape index (κ3) is 2.29. The summed E-state index contributed by atoms with van der Waals surface area (Å²) in [6.07, 6.45) is 1.67. The number of methoxy groups -OCH3 is 1. The number of aromatic nitrogens is 2. The second-order valence-electron chi connectivity index (χ2n) is 3.64. The molecule has 1 aromatic heterocycles. The predicted octanol–water partition coefficient (Wildman–Crippen LogP) is 1.94. The Balaban J connectivity index is 2.51. The molecule has 0 amide bonds. The van der Waals surface area contributed by atoms with E-state index in [0.717, 1.165) is 11.3 Å². The zero-order valence-electron chi connectivity index (χ0n) is 9.75. The molecule has 90 valence electrons. The molecule has 0 aliphatic carbocycles. The molecule has 0 spiro atoms. The average Bonchev–Trinajstić information content (AvgIpc) is 2.77. The fourth-order valence-electron chi connectivity index (χ4n) is 1.75. The Morgan fingerprint density at radius 1 is 1.41 bits per heavy atom. The molecule has 0 saturated carbocycles. The summed E-state index contributed by atoms with van der Waals surface area (Å²) in [5, 5.41) is 9.89. The molecule has 1 aromatic carbocycles. The molecule has 0 atom stereocenters. The van der Waals surface area contributed by atoms with E-state index >= 15 is 0 Å². The van der Waals surface area contributed by atoms with Gasteiger partial charge in [0.05, 0.1) is 19.0 Å². The molecule has 2 N–H and O–H groups in total. The Labute approximate surface area is 98.8 Å². The van der Waals surface area contributed by atoms with E-state index in [1.165, 1.54) is 12.1 Å². The smallest absolute Gasteiger partial charge is 0.127 e. The van der Waals surface area contributed by atoms with Crippen LogP contribution in [-0.4, -0.2) is 24.4 Å². The first-order chi connectivity index (χ1) is 8.26. The average molecular weight is 235 g/mol. The van der Waals surface area contributed by atoms with Gasteiger partial charge in [0.25, 0.3) is 0 Å². The largest absolute Gasteiger partial charge is 0.496 e. The molecule has 5 heteroatoms. The van der Waals surface area contributed by atoms with Crippen molar-refractivity contribution in [3.05, 3.63) is 35.9 Å². The van der Waals surface area contributed by atoms with Gasteiger partial charge in [-0.2, -0.15) is 5.10 Å². The van der Waals surface area contributed by atoms with Crippen molar-refractivity contribution >= 4 is 0 Å². The maximum absolute atomic E-state index is 13.3. The number of H-pyrrole nitrogens is 1. The second kappa shape index (κ2) is 4.97. The Bertz CT molecular complexity index is 510. The normalized spacial score (nSPS) is 10.5. The van der Waals surface area contributed by atoms with Gasteiger partial charge in [-0.15, -0.1) is 0 Å². The van der Waals surface area contributed by atoms with Crippen molar-refractivity contribution in [3.63, 3.8) is 0 Å². The molecule has 0 fully saturated rings. The maximum atomic E-state index is 13.3. The van der Waals surface area contributed by atoms with Gasteiger partial charge in [0.15, 0.2) is 0 Å². The van der Waals surface area contributed by atoms with Crippen LogP contribution < -0.4 is 10.1 Å². The molecule has 2 rings (SSSR count). The zero-order valence-corrected chi connectivity index (χ0v) is 9.75. The lowest BCUT2D eigenvalue weighted by molar-refractivity contribution is 0.415. The Morgan fingerprint density at radius 2 is 2.24 bits per heavy atom. The van der Waals surface area contributed by atoms with Crippen LogP contribution in [0.4, 0.5) is 4.39 Å². The highest BCUT2D eigenvalue weighted by Crippen LogP contribution is 2.31. The molecule has 0 radical (unpaired) electrons. The molecular formula is C12H14FN3O. The van der Waals surface area contributed by atoms with Gasteiger partial charge in [-0.25, -0.2) is 4.39 Å². The number of hydrogen-bond donors (Lipinski definition) is 2. The number of nitrogens with one attached hydrogen (secondary N) is 2. The van der Waals surface area contributed by atoms with Crippen molar-refractivity contribution in [1.29, 1.82) is 0 Å². The summed E-state index contributed by atoms with van der Waals surface area (Å²) in [6.45, 7) is 0.634. The van der Waals surface area contributed by atoms with Crippen molar-refractivity contribution < 1.29 is 9.13 Å². The summed E-state index contributed by atoms with van der Waals surface area (Å²) in [7, 11) is 3.40. The van der Waals surface area contributed by atoms with Crippen LogP contribution in [0.5, 0.6) is 5.75 Å². The van der Waals surface area contributed by atoms with Crippen molar-refractivity contribution in [2.75, 3.05) is 14.2 Å². The third-order valence-corrected chi connectivity index (χ3v) is 2.52. The first-order valence-electron chi connectivity index (χ1n) is 5.27. The molecule has 1 heterocycles. The Hall–Kier alpha value is -1.88. The lowest BCUT2D eigenvalue weighted by atomic mass is 10.1. The predicted molar refractivity (Wildman–Crippen MR) is 63.3 cm³/mol. The van der Waals surface area contributed by atoms with Crippen molar-refractivity contribution in [1.82, 2.24) is 15.5 Å². The van der Waals surface area contributed by atoms with Crippen LogP contribution in [0.2, 0.25) is 0 Å². The summed E-state index contributed by atoms with van der Waals surface area (Å²) in [6, 6.07) is 4.43. The highest BCUT2D eigenvalue weighted by atomic mass is 19.1. The fourth-order valence-corrected chi connectivity index (χ4v) is 1.75. The monoisotopic (exact) mass is 235 g/mol. The molecular weight excluding hydrogens is 221 g/mol. The van der Waals surface area contributed by atoms with Gasteiger partial charge in [0, 0.05) is 17.7 Å². The standard InChI is InChI=1S/C12H14FN3O/c1-14-7-11-10(6-15-16-11)9-5-8(13)3-4-12(9)17-2/h3-6,14H,7H2,1-2H3,(H,15,16). The molecule has 0 aliphatic heterocycles. The van der Waals surface area contributed by atoms with Crippen LogP contribution in [-0.2, 0) is 6.54 Å². The van der Waals surface area contributed by atoms with E-state index in [1.54, 1.807) is 19.4 Å².